The lowest BCUT2D eigenvalue weighted by atomic mass is 10.1. The third kappa shape index (κ3) is 7.67. The molecule has 0 atom stereocenters. The smallest absolute Gasteiger partial charge is 0.304 e. The van der Waals surface area contributed by atoms with Gasteiger partial charge in [0.1, 0.15) is 5.76 Å². The van der Waals surface area contributed by atoms with Crippen LogP contribution in [0.1, 0.15) is 51.2 Å². The predicted octanol–water partition coefficient (Wildman–Crippen LogP) is 3.53. The normalized spacial score (nSPS) is 11.1. The molecule has 0 saturated heterocycles. The monoisotopic (exact) mass is 267 g/mol. The van der Waals surface area contributed by atoms with Crippen LogP contribution in [0.25, 0.3) is 0 Å². The second-order valence-corrected chi connectivity index (χ2v) is 4.91. The second-order valence-electron chi connectivity index (χ2n) is 4.91. The Kier molecular flexibility index (Phi) is 7.98. The maximum atomic E-state index is 10.7. The van der Waals surface area contributed by atoms with Crippen molar-refractivity contribution in [1.29, 1.82) is 0 Å². The van der Waals surface area contributed by atoms with E-state index in [1.54, 1.807) is 6.26 Å². The maximum absolute atomic E-state index is 10.7. The van der Waals surface area contributed by atoms with E-state index in [1.807, 2.05) is 12.1 Å². The molecule has 1 aromatic heterocycles. The third-order valence-electron chi connectivity index (χ3n) is 3.18. The van der Waals surface area contributed by atoms with E-state index in [4.69, 9.17) is 9.52 Å². The van der Waals surface area contributed by atoms with Crippen molar-refractivity contribution in [2.24, 2.45) is 0 Å². The zero-order chi connectivity index (χ0) is 13.9. The van der Waals surface area contributed by atoms with Crippen LogP contribution in [-0.4, -0.2) is 29.1 Å². The van der Waals surface area contributed by atoms with Gasteiger partial charge in [0.25, 0.3) is 0 Å². The number of aliphatic carboxylic acids is 1. The molecule has 1 heterocycles. The van der Waals surface area contributed by atoms with Crippen molar-refractivity contribution in [2.75, 3.05) is 13.1 Å². The Labute approximate surface area is 115 Å². The lowest BCUT2D eigenvalue weighted by Crippen LogP contribution is -2.27. The number of hydrogen-bond donors (Lipinski definition) is 1. The SMILES string of the molecule is CCCCCCCN(CCC(=O)O)Cc1ccco1. The summed E-state index contributed by atoms with van der Waals surface area (Å²) in [5.41, 5.74) is 0. The Hall–Kier alpha value is -1.29. The summed E-state index contributed by atoms with van der Waals surface area (Å²) in [5, 5.41) is 8.78. The number of carboxylic acid groups (broad SMARTS) is 1. The van der Waals surface area contributed by atoms with Crippen molar-refractivity contribution in [2.45, 2.75) is 52.0 Å². The van der Waals surface area contributed by atoms with Crippen LogP contribution in [-0.2, 0) is 11.3 Å². The van der Waals surface area contributed by atoms with Crippen LogP contribution in [0, 0.1) is 0 Å². The molecule has 1 rings (SSSR count). The minimum Gasteiger partial charge on any atom is -0.481 e. The first kappa shape index (κ1) is 15.8. The quantitative estimate of drug-likeness (QED) is 0.623. The molecule has 0 amide bonds. The Bertz CT molecular complexity index is 335. The first-order chi connectivity index (χ1) is 9.22. The minimum absolute atomic E-state index is 0.190. The summed E-state index contributed by atoms with van der Waals surface area (Å²) in [6.45, 7) is 4.44. The summed E-state index contributed by atoms with van der Waals surface area (Å²) in [6, 6.07) is 3.80. The van der Waals surface area contributed by atoms with Crippen molar-refractivity contribution in [3.05, 3.63) is 24.2 Å². The van der Waals surface area contributed by atoms with Crippen LogP contribution in [0.2, 0.25) is 0 Å². The second kappa shape index (κ2) is 9.62. The number of rotatable bonds is 11. The molecule has 0 aliphatic carbocycles. The van der Waals surface area contributed by atoms with Crippen molar-refractivity contribution < 1.29 is 14.3 Å². The largest absolute Gasteiger partial charge is 0.481 e. The Morgan fingerprint density at radius 1 is 1.26 bits per heavy atom. The van der Waals surface area contributed by atoms with E-state index in [1.165, 1.54) is 25.7 Å². The molecule has 0 aromatic carbocycles. The zero-order valence-electron chi connectivity index (χ0n) is 11.8. The molecule has 0 fully saturated rings. The molecule has 19 heavy (non-hydrogen) atoms. The summed E-state index contributed by atoms with van der Waals surface area (Å²) in [4.78, 5) is 12.8. The van der Waals surface area contributed by atoms with E-state index in [0.717, 1.165) is 18.7 Å². The molecule has 4 nitrogen and oxygen atoms in total. The number of carboxylic acids is 1. The van der Waals surface area contributed by atoms with Gasteiger partial charge in [-0.1, -0.05) is 32.6 Å². The molecule has 0 radical (unpaired) electrons. The summed E-state index contributed by atoms with van der Waals surface area (Å²) < 4.78 is 5.33. The minimum atomic E-state index is -0.740. The zero-order valence-corrected chi connectivity index (χ0v) is 11.8. The summed E-state index contributed by atoms with van der Waals surface area (Å²) in [7, 11) is 0. The van der Waals surface area contributed by atoms with Gasteiger partial charge in [-0.15, -0.1) is 0 Å². The Morgan fingerprint density at radius 3 is 2.68 bits per heavy atom. The highest BCUT2D eigenvalue weighted by Gasteiger charge is 2.09. The molecule has 0 saturated carbocycles. The summed E-state index contributed by atoms with van der Waals surface area (Å²) in [6.07, 6.45) is 7.99. The van der Waals surface area contributed by atoms with Gasteiger partial charge in [0, 0.05) is 6.54 Å². The van der Waals surface area contributed by atoms with Crippen molar-refractivity contribution >= 4 is 5.97 Å². The van der Waals surface area contributed by atoms with Crippen molar-refractivity contribution in [1.82, 2.24) is 4.90 Å². The lowest BCUT2D eigenvalue weighted by molar-refractivity contribution is -0.137. The number of carbonyl (C=O) groups is 1. The fourth-order valence-electron chi connectivity index (χ4n) is 2.09. The van der Waals surface area contributed by atoms with E-state index in [-0.39, 0.29) is 6.42 Å². The lowest BCUT2D eigenvalue weighted by Gasteiger charge is -2.20. The highest BCUT2D eigenvalue weighted by molar-refractivity contribution is 5.66. The summed E-state index contributed by atoms with van der Waals surface area (Å²) >= 11 is 0. The molecule has 1 aromatic rings. The van der Waals surface area contributed by atoms with Crippen LogP contribution in [0.5, 0.6) is 0 Å². The highest BCUT2D eigenvalue weighted by atomic mass is 16.4. The van der Waals surface area contributed by atoms with Crippen molar-refractivity contribution in [3.63, 3.8) is 0 Å². The number of hydrogen-bond acceptors (Lipinski definition) is 3. The van der Waals surface area contributed by atoms with Crippen molar-refractivity contribution in [3.8, 4) is 0 Å². The molecule has 108 valence electrons. The van der Waals surface area contributed by atoms with Gasteiger partial charge in [-0.3, -0.25) is 9.69 Å². The molecular weight excluding hydrogens is 242 g/mol. The number of furan rings is 1. The van der Waals surface area contributed by atoms with Gasteiger partial charge >= 0.3 is 5.97 Å². The van der Waals surface area contributed by atoms with Gasteiger partial charge in [0.05, 0.1) is 19.2 Å². The average Bonchev–Trinajstić information content (AvgIpc) is 2.88. The molecule has 4 heteroatoms. The molecule has 0 aliphatic rings. The molecule has 0 aliphatic heterocycles. The fraction of sp³-hybridized carbons (Fsp3) is 0.667. The topological polar surface area (TPSA) is 53.7 Å². The number of unbranched alkanes of at least 4 members (excludes halogenated alkanes) is 4. The molecule has 0 bridgehead atoms. The van der Waals surface area contributed by atoms with Crippen LogP contribution in [0.3, 0.4) is 0 Å². The van der Waals surface area contributed by atoms with E-state index in [0.29, 0.717) is 13.1 Å². The highest BCUT2D eigenvalue weighted by Crippen LogP contribution is 2.09. The van der Waals surface area contributed by atoms with Crippen LogP contribution < -0.4 is 0 Å². The third-order valence-corrected chi connectivity index (χ3v) is 3.18. The maximum Gasteiger partial charge on any atom is 0.304 e. The first-order valence-corrected chi connectivity index (χ1v) is 7.19. The molecular formula is C15H25NO3. The van der Waals surface area contributed by atoms with Gasteiger partial charge in [-0.25, -0.2) is 0 Å². The summed E-state index contributed by atoms with van der Waals surface area (Å²) in [5.74, 6) is 0.161. The van der Waals surface area contributed by atoms with Gasteiger partial charge < -0.3 is 9.52 Å². The van der Waals surface area contributed by atoms with Crippen LogP contribution in [0.15, 0.2) is 22.8 Å². The van der Waals surface area contributed by atoms with Gasteiger partial charge in [0.2, 0.25) is 0 Å². The van der Waals surface area contributed by atoms with Crippen LogP contribution in [0.4, 0.5) is 0 Å². The van der Waals surface area contributed by atoms with E-state index >= 15 is 0 Å². The van der Waals surface area contributed by atoms with E-state index < -0.39 is 5.97 Å². The average molecular weight is 267 g/mol. The first-order valence-electron chi connectivity index (χ1n) is 7.19. The van der Waals surface area contributed by atoms with E-state index in [9.17, 15) is 4.79 Å². The molecule has 1 N–H and O–H groups in total. The van der Waals surface area contributed by atoms with Gasteiger partial charge in [-0.2, -0.15) is 0 Å². The Balaban J connectivity index is 2.29. The number of nitrogens with zero attached hydrogens (tertiary/aromatic N) is 1. The van der Waals surface area contributed by atoms with Crippen LogP contribution >= 0.6 is 0 Å². The fourth-order valence-corrected chi connectivity index (χ4v) is 2.09. The Morgan fingerprint density at radius 2 is 2.05 bits per heavy atom. The molecule has 0 unspecified atom stereocenters. The van der Waals surface area contributed by atoms with E-state index in [2.05, 4.69) is 11.8 Å². The van der Waals surface area contributed by atoms with Gasteiger partial charge in [0.15, 0.2) is 0 Å². The van der Waals surface area contributed by atoms with Gasteiger partial charge in [-0.05, 0) is 25.1 Å². The predicted molar refractivity (Wildman–Crippen MR) is 75.0 cm³/mol. The molecule has 0 spiro atoms. The standard InChI is InChI=1S/C15H25NO3/c1-2-3-4-5-6-10-16(11-9-15(17)18)13-14-8-7-12-19-14/h7-8,12H,2-6,9-11,13H2,1H3,(H,17,18).